The van der Waals surface area contributed by atoms with E-state index in [0.717, 1.165) is 25.2 Å². The fourth-order valence-electron chi connectivity index (χ4n) is 2.18. The van der Waals surface area contributed by atoms with Crippen LogP contribution in [0.1, 0.15) is 40.9 Å². The van der Waals surface area contributed by atoms with Crippen LogP contribution in [0.15, 0.2) is 11.4 Å². The van der Waals surface area contributed by atoms with E-state index in [1.54, 1.807) is 0 Å². The molecule has 1 N–H and O–H groups in total. The standard InChI is InChI=1S/C12H17NO2S/c14-12(15)11-10(5-8-16-11)9-13-6-3-1-2-4-7-13/h5,8H,1-4,6-7,9H2,(H,14,15). The maximum atomic E-state index is 11.0. The van der Waals surface area contributed by atoms with Gasteiger partial charge < -0.3 is 5.11 Å². The van der Waals surface area contributed by atoms with E-state index in [2.05, 4.69) is 4.90 Å². The van der Waals surface area contributed by atoms with Crippen molar-refractivity contribution < 1.29 is 9.90 Å². The molecule has 3 nitrogen and oxygen atoms in total. The molecule has 2 heterocycles. The Bertz CT molecular complexity index is 354. The Morgan fingerprint density at radius 3 is 2.62 bits per heavy atom. The van der Waals surface area contributed by atoms with E-state index >= 15 is 0 Å². The minimum atomic E-state index is -0.792. The van der Waals surface area contributed by atoms with Crippen molar-refractivity contribution >= 4 is 17.3 Å². The molecule has 1 aromatic rings. The molecule has 1 aromatic heterocycles. The van der Waals surface area contributed by atoms with Crippen molar-refractivity contribution in [3.8, 4) is 0 Å². The van der Waals surface area contributed by atoms with Gasteiger partial charge in [-0.3, -0.25) is 4.90 Å². The molecule has 2 rings (SSSR count). The van der Waals surface area contributed by atoms with Gasteiger partial charge in [-0.1, -0.05) is 12.8 Å². The third kappa shape index (κ3) is 2.83. The van der Waals surface area contributed by atoms with Crippen LogP contribution in [0.5, 0.6) is 0 Å². The second-order valence-electron chi connectivity index (χ2n) is 4.27. The van der Waals surface area contributed by atoms with E-state index in [1.807, 2.05) is 11.4 Å². The number of carboxylic acids is 1. The van der Waals surface area contributed by atoms with Gasteiger partial charge in [-0.05, 0) is 42.9 Å². The van der Waals surface area contributed by atoms with E-state index in [-0.39, 0.29) is 0 Å². The van der Waals surface area contributed by atoms with Crippen LogP contribution in [0.25, 0.3) is 0 Å². The zero-order chi connectivity index (χ0) is 11.4. The fourth-order valence-corrected chi connectivity index (χ4v) is 2.94. The molecule has 0 aromatic carbocycles. The first kappa shape index (κ1) is 11.6. The van der Waals surface area contributed by atoms with Crippen molar-refractivity contribution in [3.63, 3.8) is 0 Å². The molecule has 1 fully saturated rings. The lowest BCUT2D eigenvalue weighted by Crippen LogP contribution is -2.24. The monoisotopic (exact) mass is 239 g/mol. The van der Waals surface area contributed by atoms with Gasteiger partial charge in [0.2, 0.25) is 0 Å². The summed E-state index contributed by atoms with van der Waals surface area (Å²) >= 11 is 1.33. The Balaban J connectivity index is 2.01. The highest BCUT2D eigenvalue weighted by Gasteiger charge is 2.15. The Morgan fingerprint density at radius 1 is 1.31 bits per heavy atom. The number of hydrogen-bond acceptors (Lipinski definition) is 3. The number of nitrogens with zero attached hydrogens (tertiary/aromatic N) is 1. The highest BCUT2D eigenvalue weighted by Crippen LogP contribution is 2.20. The van der Waals surface area contributed by atoms with Crippen LogP contribution in [0.3, 0.4) is 0 Å². The van der Waals surface area contributed by atoms with Gasteiger partial charge >= 0.3 is 5.97 Å². The van der Waals surface area contributed by atoms with E-state index in [1.165, 1.54) is 37.0 Å². The maximum Gasteiger partial charge on any atom is 0.346 e. The van der Waals surface area contributed by atoms with Crippen LogP contribution < -0.4 is 0 Å². The Kier molecular flexibility index (Phi) is 3.96. The van der Waals surface area contributed by atoms with Gasteiger partial charge in [-0.25, -0.2) is 4.79 Å². The van der Waals surface area contributed by atoms with E-state index in [9.17, 15) is 4.79 Å². The summed E-state index contributed by atoms with van der Waals surface area (Å²) in [6, 6.07) is 1.94. The Hall–Kier alpha value is -0.870. The van der Waals surface area contributed by atoms with Gasteiger partial charge in [0.1, 0.15) is 4.88 Å². The average Bonchev–Trinajstić information content (AvgIpc) is 2.55. The SMILES string of the molecule is O=C(O)c1sccc1CN1CCCCCC1. The first-order chi connectivity index (χ1) is 7.77. The number of carbonyl (C=O) groups is 1. The highest BCUT2D eigenvalue weighted by molar-refractivity contribution is 7.12. The first-order valence-corrected chi connectivity index (χ1v) is 6.67. The lowest BCUT2D eigenvalue weighted by atomic mass is 10.2. The van der Waals surface area contributed by atoms with Crippen LogP contribution in [0.2, 0.25) is 0 Å². The van der Waals surface area contributed by atoms with Crippen molar-refractivity contribution in [2.24, 2.45) is 0 Å². The molecule has 0 spiro atoms. The molecule has 0 radical (unpaired) electrons. The third-order valence-electron chi connectivity index (χ3n) is 3.03. The predicted molar refractivity (Wildman–Crippen MR) is 65.0 cm³/mol. The van der Waals surface area contributed by atoms with Crippen LogP contribution >= 0.6 is 11.3 Å². The average molecular weight is 239 g/mol. The summed E-state index contributed by atoms with van der Waals surface area (Å²) in [5.74, 6) is -0.792. The van der Waals surface area contributed by atoms with Gasteiger partial charge in [0.15, 0.2) is 0 Å². The normalized spacial score (nSPS) is 18.2. The molecule has 0 aliphatic carbocycles. The summed E-state index contributed by atoms with van der Waals surface area (Å²) in [5, 5.41) is 10.9. The molecule has 0 atom stereocenters. The molecular formula is C12H17NO2S. The molecule has 0 amide bonds. The molecule has 1 saturated heterocycles. The second-order valence-corrected chi connectivity index (χ2v) is 5.19. The number of rotatable bonds is 3. The molecule has 0 bridgehead atoms. The topological polar surface area (TPSA) is 40.5 Å². The summed E-state index contributed by atoms with van der Waals surface area (Å²) in [6.45, 7) is 3.01. The highest BCUT2D eigenvalue weighted by atomic mass is 32.1. The number of carboxylic acid groups (broad SMARTS) is 1. The van der Waals surface area contributed by atoms with Crippen LogP contribution in [0.4, 0.5) is 0 Å². The van der Waals surface area contributed by atoms with Crippen molar-refractivity contribution in [1.82, 2.24) is 4.90 Å². The quantitative estimate of drug-likeness (QED) is 0.881. The van der Waals surface area contributed by atoms with Gasteiger partial charge in [-0.2, -0.15) is 0 Å². The molecule has 1 aliphatic heterocycles. The van der Waals surface area contributed by atoms with Gasteiger partial charge in [0.25, 0.3) is 0 Å². The summed E-state index contributed by atoms with van der Waals surface area (Å²) in [5.41, 5.74) is 0.972. The molecule has 0 unspecified atom stereocenters. The summed E-state index contributed by atoms with van der Waals surface area (Å²) in [6.07, 6.45) is 5.11. The summed E-state index contributed by atoms with van der Waals surface area (Å²) in [7, 11) is 0. The minimum Gasteiger partial charge on any atom is -0.477 e. The summed E-state index contributed by atoms with van der Waals surface area (Å²) in [4.78, 5) is 13.9. The van der Waals surface area contributed by atoms with Gasteiger partial charge in [-0.15, -0.1) is 11.3 Å². The lowest BCUT2D eigenvalue weighted by molar-refractivity contribution is 0.0700. The molecule has 1 aliphatic rings. The van der Waals surface area contributed by atoms with Crippen molar-refractivity contribution in [1.29, 1.82) is 0 Å². The van der Waals surface area contributed by atoms with E-state index in [4.69, 9.17) is 5.11 Å². The minimum absolute atomic E-state index is 0.504. The zero-order valence-corrected chi connectivity index (χ0v) is 10.1. The molecular weight excluding hydrogens is 222 g/mol. The first-order valence-electron chi connectivity index (χ1n) is 5.79. The predicted octanol–water partition coefficient (Wildman–Crippen LogP) is 2.82. The number of thiophene rings is 1. The summed E-state index contributed by atoms with van der Waals surface area (Å²) < 4.78 is 0. The van der Waals surface area contributed by atoms with Crippen LogP contribution in [-0.2, 0) is 6.54 Å². The Labute approximate surface area is 99.7 Å². The van der Waals surface area contributed by atoms with Crippen LogP contribution in [-0.4, -0.2) is 29.1 Å². The fraction of sp³-hybridized carbons (Fsp3) is 0.583. The lowest BCUT2D eigenvalue weighted by Gasteiger charge is -2.19. The third-order valence-corrected chi connectivity index (χ3v) is 3.98. The van der Waals surface area contributed by atoms with Crippen molar-refractivity contribution in [2.75, 3.05) is 13.1 Å². The Morgan fingerprint density at radius 2 is 2.00 bits per heavy atom. The molecule has 0 saturated carbocycles. The van der Waals surface area contributed by atoms with E-state index < -0.39 is 5.97 Å². The second kappa shape index (κ2) is 5.46. The number of aromatic carboxylic acids is 1. The number of hydrogen-bond donors (Lipinski definition) is 1. The van der Waals surface area contributed by atoms with Gasteiger partial charge in [0, 0.05) is 6.54 Å². The molecule has 4 heteroatoms. The largest absolute Gasteiger partial charge is 0.477 e. The van der Waals surface area contributed by atoms with Gasteiger partial charge in [0.05, 0.1) is 0 Å². The van der Waals surface area contributed by atoms with Crippen molar-refractivity contribution in [2.45, 2.75) is 32.2 Å². The van der Waals surface area contributed by atoms with Crippen LogP contribution in [0, 0.1) is 0 Å². The zero-order valence-electron chi connectivity index (χ0n) is 9.32. The van der Waals surface area contributed by atoms with E-state index in [0.29, 0.717) is 4.88 Å². The maximum absolute atomic E-state index is 11.0. The molecule has 88 valence electrons. The smallest absolute Gasteiger partial charge is 0.346 e. The number of likely N-dealkylation sites (tertiary alicyclic amines) is 1. The van der Waals surface area contributed by atoms with Crippen molar-refractivity contribution in [3.05, 3.63) is 21.9 Å². The molecule has 16 heavy (non-hydrogen) atoms.